The van der Waals surface area contributed by atoms with Gasteiger partial charge in [0.05, 0.1) is 6.10 Å². The summed E-state index contributed by atoms with van der Waals surface area (Å²) in [5.74, 6) is 0.607. The molecule has 86 valence electrons. The van der Waals surface area contributed by atoms with Gasteiger partial charge in [-0.05, 0) is 39.8 Å². The number of aliphatic hydroxyl groups is 1. The van der Waals surface area contributed by atoms with Crippen molar-refractivity contribution in [2.45, 2.75) is 58.6 Å². The minimum Gasteiger partial charge on any atom is -0.391 e. The molecule has 0 aliphatic heterocycles. The smallest absolute Gasteiger partial charge is 0.0723 e. The minimum absolute atomic E-state index is 0.0799. The summed E-state index contributed by atoms with van der Waals surface area (Å²) in [5.41, 5.74) is -0.0799. The van der Waals surface area contributed by atoms with Crippen LogP contribution in [0.2, 0.25) is 0 Å². The molecule has 0 aromatic carbocycles. The monoisotopic (exact) mass is 201 g/mol. The molecule has 3 atom stereocenters. The zero-order valence-corrected chi connectivity index (χ0v) is 10.7. The van der Waals surface area contributed by atoms with E-state index in [1.807, 2.05) is 14.1 Å². The molecule has 2 nitrogen and oxygen atoms in total. The van der Waals surface area contributed by atoms with Gasteiger partial charge >= 0.3 is 0 Å². The Kier molecular flexibility index (Phi) is 5.68. The maximum atomic E-state index is 10.2. The molecule has 0 rings (SSSR count). The predicted octanol–water partition coefficient (Wildman–Crippen LogP) is 2.51. The van der Waals surface area contributed by atoms with E-state index in [1.165, 1.54) is 0 Å². The molecule has 0 aromatic rings. The maximum absolute atomic E-state index is 10.2. The Morgan fingerprint density at radius 1 is 1.29 bits per heavy atom. The van der Waals surface area contributed by atoms with Crippen LogP contribution < -0.4 is 0 Å². The summed E-state index contributed by atoms with van der Waals surface area (Å²) >= 11 is 0. The SMILES string of the molecule is CCC(C)CC(O)C(C)(CC)N(C)C. The average Bonchev–Trinajstić information content (AvgIpc) is 2.15. The van der Waals surface area contributed by atoms with Crippen LogP contribution in [0.3, 0.4) is 0 Å². The Hall–Kier alpha value is -0.0800. The minimum atomic E-state index is -0.225. The largest absolute Gasteiger partial charge is 0.391 e. The zero-order valence-electron chi connectivity index (χ0n) is 10.7. The van der Waals surface area contributed by atoms with Crippen LogP contribution in [0.5, 0.6) is 0 Å². The summed E-state index contributed by atoms with van der Waals surface area (Å²) in [6.45, 7) is 8.66. The second-order valence-corrected chi connectivity index (χ2v) is 4.87. The lowest BCUT2D eigenvalue weighted by Gasteiger charge is -2.40. The van der Waals surface area contributed by atoms with E-state index in [1.54, 1.807) is 0 Å². The molecule has 0 aliphatic carbocycles. The van der Waals surface area contributed by atoms with Crippen LogP contribution in [0.1, 0.15) is 47.0 Å². The van der Waals surface area contributed by atoms with Crippen LogP contribution in [0, 0.1) is 5.92 Å². The van der Waals surface area contributed by atoms with Crippen LogP contribution in [-0.4, -0.2) is 35.7 Å². The quantitative estimate of drug-likeness (QED) is 0.714. The molecule has 0 spiro atoms. The van der Waals surface area contributed by atoms with E-state index in [2.05, 4.69) is 32.6 Å². The number of nitrogens with zero attached hydrogens (tertiary/aromatic N) is 1. The summed E-state index contributed by atoms with van der Waals surface area (Å²) in [6, 6.07) is 0. The van der Waals surface area contributed by atoms with E-state index in [0.29, 0.717) is 5.92 Å². The topological polar surface area (TPSA) is 23.5 Å². The molecule has 0 amide bonds. The zero-order chi connectivity index (χ0) is 11.4. The number of hydrogen-bond donors (Lipinski definition) is 1. The van der Waals surface area contributed by atoms with Crippen LogP contribution in [0.15, 0.2) is 0 Å². The highest BCUT2D eigenvalue weighted by molar-refractivity contribution is 4.89. The fraction of sp³-hybridized carbons (Fsp3) is 1.00. The fourth-order valence-corrected chi connectivity index (χ4v) is 1.65. The average molecular weight is 201 g/mol. The highest BCUT2D eigenvalue weighted by atomic mass is 16.3. The number of likely N-dealkylation sites (N-methyl/N-ethyl adjacent to an activating group) is 1. The lowest BCUT2D eigenvalue weighted by Crippen LogP contribution is -2.51. The molecule has 0 aromatic heterocycles. The summed E-state index contributed by atoms with van der Waals surface area (Å²) in [6.07, 6.45) is 2.80. The molecule has 0 fully saturated rings. The molecule has 2 heteroatoms. The first kappa shape index (κ1) is 13.9. The van der Waals surface area contributed by atoms with Crippen molar-refractivity contribution in [3.63, 3.8) is 0 Å². The van der Waals surface area contributed by atoms with Crippen molar-refractivity contribution in [1.82, 2.24) is 4.90 Å². The highest BCUT2D eigenvalue weighted by Crippen LogP contribution is 2.26. The first-order valence-electron chi connectivity index (χ1n) is 5.73. The summed E-state index contributed by atoms with van der Waals surface area (Å²) in [5, 5.41) is 10.2. The van der Waals surface area contributed by atoms with Crippen molar-refractivity contribution >= 4 is 0 Å². The summed E-state index contributed by atoms with van der Waals surface area (Å²) in [7, 11) is 4.09. The van der Waals surface area contributed by atoms with E-state index in [9.17, 15) is 5.11 Å². The normalized spacial score (nSPS) is 20.6. The van der Waals surface area contributed by atoms with Crippen molar-refractivity contribution in [1.29, 1.82) is 0 Å². The first-order chi connectivity index (χ1) is 6.38. The Bertz CT molecular complexity index is 158. The van der Waals surface area contributed by atoms with Crippen molar-refractivity contribution in [2.75, 3.05) is 14.1 Å². The van der Waals surface area contributed by atoms with Crippen LogP contribution >= 0.6 is 0 Å². The van der Waals surface area contributed by atoms with E-state index >= 15 is 0 Å². The molecule has 1 N–H and O–H groups in total. The third kappa shape index (κ3) is 3.25. The molecule has 14 heavy (non-hydrogen) atoms. The van der Waals surface area contributed by atoms with Crippen molar-refractivity contribution in [3.8, 4) is 0 Å². The number of aliphatic hydroxyl groups excluding tert-OH is 1. The third-order valence-electron chi connectivity index (χ3n) is 3.78. The van der Waals surface area contributed by atoms with Crippen LogP contribution in [-0.2, 0) is 0 Å². The molecule has 0 radical (unpaired) electrons. The Balaban J connectivity index is 4.38. The Morgan fingerprint density at radius 3 is 2.07 bits per heavy atom. The molecule has 0 saturated heterocycles. The first-order valence-corrected chi connectivity index (χ1v) is 5.73. The van der Waals surface area contributed by atoms with Crippen molar-refractivity contribution in [3.05, 3.63) is 0 Å². The van der Waals surface area contributed by atoms with Gasteiger partial charge < -0.3 is 10.0 Å². The highest BCUT2D eigenvalue weighted by Gasteiger charge is 2.33. The molecule has 0 bridgehead atoms. The van der Waals surface area contributed by atoms with Gasteiger partial charge in [0.25, 0.3) is 0 Å². The molecule has 0 aliphatic rings. The van der Waals surface area contributed by atoms with Gasteiger partial charge in [-0.2, -0.15) is 0 Å². The van der Waals surface area contributed by atoms with Gasteiger partial charge in [0, 0.05) is 5.54 Å². The number of rotatable bonds is 6. The van der Waals surface area contributed by atoms with E-state index in [-0.39, 0.29) is 11.6 Å². The van der Waals surface area contributed by atoms with E-state index in [4.69, 9.17) is 0 Å². The Labute approximate surface area is 89.3 Å². The molecular formula is C12H27NO. The third-order valence-corrected chi connectivity index (χ3v) is 3.78. The molecule has 0 heterocycles. The van der Waals surface area contributed by atoms with Gasteiger partial charge in [0.1, 0.15) is 0 Å². The standard InChI is InChI=1S/C12H27NO/c1-7-10(3)9-11(14)12(4,8-2)13(5)6/h10-11,14H,7-9H2,1-6H3. The molecule has 3 unspecified atom stereocenters. The van der Waals surface area contributed by atoms with Crippen molar-refractivity contribution < 1.29 is 5.11 Å². The Morgan fingerprint density at radius 2 is 1.79 bits per heavy atom. The molecular weight excluding hydrogens is 174 g/mol. The van der Waals surface area contributed by atoms with E-state index in [0.717, 1.165) is 19.3 Å². The lowest BCUT2D eigenvalue weighted by molar-refractivity contribution is -0.0107. The lowest BCUT2D eigenvalue weighted by atomic mass is 9.84. The summed E-state index contributed by atoms with van der Waals surface area (Å²) < 4.78 is 0. The predicted molar refractivity (Wildman–Crippen MR) is 62.5 cm³/mol. The fourth-order valence-electron chi connectivity index (χ4n) is 1.65. The van der Waals surface area contributed by atoms with Gasteiger partial charge in [0.2, 0.25) is 0 Å². The maximum Gasteiger partial charge on any atom is 0.0723 e. The molecule has 0 saturated carbocycles. The van der Waals surface area contributed by atoms with Crippen LogP contribution in [0.4, 0.5) is 0 Å². The second-order valence-electron chi connectivity index (χ2n) is 4.87. The second kappa shape index (κ2) is 5.72. The van der Waals surface area contributed by atoms with Gasteiger partial charge in [-0.25, -0.2) is 0 Å². The van der Waals surface area contributed by atoms with E-state index < -0.39 is 0 Å². The van der Waals surface area contributed by atoms with Gasteiger partial charge in [0.15, 0.2) is 0 Å². The van der Waals surface area contributed by atoms with Gasteiger partial charge in [-0.1, -0.05) is 27.2 Å². The van der Waals surface area contributed by atoms with Gasteiger partial charge in [-0.3, -0.25) is 0 Å². The van der Waals surface area contributed by atoms with Crippen LogP contribution in [0.25, 0.3) is 0 Å². The summed E-state index contributed by atoms with van der Waals surface area (Å²) in [4.78, 5) is 2.14. The van der Waals surface area contributed by atoms with Gasteiger partial charge in [-0.15, -0.1) is 0 Å². The number of hydrogen-bond acceptors (Lipinski definition) is 2. The van der Waals surface area contributed by atoms with Crippen molar-refractivity contribution in [2.24, 2.45) is 5.92 Å².